The number of hydrogen-bond donors (Lipinski definition) is 1. The third-order valence-electron chi connectivity index (χ3n) is 4.07. The summed E-state index contributed by atoms with van der Waals surface area (Å²) in [6.07, 6.45) is -3.76. The number of halogens is 3. The summed E-state index contributed by atoms with van der Waals surface area (Å²) in [7, 11) is 0. The first-order chi connectivity index (χ1) is 11.8. The summed E-state index contributed by atoms with van der Waals surface area (Å²) in [5.41, 5.74) is -0.832. The van der Waals surface area contributed by atoms with Crippen LogP contribution in [-0.2, 0) is 10.2 Å². The fourth-order valence-corrected chi connectivity index (χ4v) is 2.75. The first kappa shape index (κ1) is 15.6. The Morgan fingerprint density at radius 2 is 1.92 bits per heavy atom. The van der Waals surface area contributed by atoms with E-state index >= 15 is 0 Å². The second kappa shape index (κ2) is 5.01. The van der Waals surface area contributed by atoms with Gasteiger partial charge in [-0.3, -0.25) is 4.79 Å². The van der Waals surface area contributed by atoms with Crippen molar-refractivity contribution in [3.8, 4) is 17.2 Å². The summed E-state index contributed by atoms with van der Waals surface area (Å²) in [6.45, 7) is 1.55. The minimum Gasteiger partial charge on any atom is -0.492 e. The van der Waals surface area contributed by atoms with Crippen molar-refractivity contribution < 1.29 is 32.2 Å². The molecule has 0 bridgehead atoms. The summed E-state index contributed by atoms with van der Waals surface area (Å²) in [4.78, 5) is 16.2. The highest BCUT2D eigenvalue weighted by Crippen LogP contribution is 2.49. The van der Waals surface area contributed by atoms with E-state index in [0.29, 0.717) is 5.56 Å². The highest BCUT2D eigenvalue weighted by Gasteiger charge is 2.48. The van der Waals surface area contributed by atoms with Crippen molar-refractivity contribution in [3.63, 3.8) is 0 Å². The number of nitrogens with zero attached hydrogens (tertiary/aromatic N) is 1. The van der Waals surface area contributed by atoms with Gasteiger partial charge in [0, 0.05) is 11.6 Å². The van der Waals surface area contributed by atoms with Crippen molar-refractivity contribution in [1.82, 2.24) is 4.98 Å². The molecule has 0 saturated carbocycles. The molecule has 2 aromatic rings. The highest BCUT2D eigenvalue weighted by molar-refractivity contribution is 5.99. The zero-order valence-electron chi connectivity index (χ0n) is 12.8. The van der Waals surface area contributed by atoms with Crippen molar-refractivity contribution in [2.24, 2.45) is 0 Å². The number of carbonyl (C=O) groups excluding carboxylic acids is 1. The lowest BCUT2D eigenvalue weighted by Crippen LogP contribution is -2.39. The number of alkyl halides is 2. The Morgan fingerprint density at radius 3 is 2.64 bits per heavy atom. The van der Waals surface area contributed by atoms with Crippen LogP contribution in [0.5, 0.6) is 17.2 Å². The van der Waals surface area contributed by atoms with Gasteiger partial charge in [-0.05, 0) is 25.1 Å². The summed E-state index contributed by atoms with van der Waals surface area (Å²) in [6, 6.07) is 6.52. The van der Waals surface area contributed by atoms with Gasteiger partial charge in [0.2, 0.25) is 11.9 Å². The number of ether oxygens (including phenoxy) is 3. The molecule has 1 amide bonds. The van der Waals surface area contributed by atoms with Crippen molar-refractivity contribution in [1.29, 1.82) is 0 Å². The van der Waals surface area contributed by atoms with E-state index < -0.39 is 23.6 Å². The molecule has 1 atom stereocenters. The maximum absolute atomic E-state index is 13.2. The first-order valence-electron chi connectivity index (χ1n) is 7.28. The SMILES string of the molecule is CC1(C(=O)Nc2cccc(F)n2)COc2cc3c(cc21)OC(F)(F)O3. The number of amides is 1. The predicted molar refractivity (Wildman–Crippen MR) is 78.3 cm³/mol. The molecular formula is C16H11F3N2O4. The summed E-state index contributed by atoms with van der Waals surface area (Å²) >= 11 is 0. The van der Waals surface area contributed by atoms with Gasteiger partial charge in [-0.1, -0.05) is 6.07 Å². The number of anilines is 1. The van der Waals surface area contributed by atoms with E-state index in [-0.39, 0.29) is 29.7 Å². The van der Waals surface area contributed by atoms with Crippen LogP contribution in [0.25, 0.3) is 0 Å². The Balaban J connectivity index is 1.66. The lowest BCUT2D eigenvalue weighted by molar-refractivity contribution is -0.286. The van der Waals surface area contributed by atoms with Gasteiger partial charge in [0.1, 0.15) is 23.6 Å². The normalized spacial score (nSPS) is 22.2. The smallest absolute Gasteiger partial charge is 0.492 e. The molecule has 1 aromatic heterocycles. The lowest BCUT2D eigenvalue weighted by atomic mass is 9.83. The molecule has 6 nitrogen and oxygen atoms in total. The summed E-state index contributed by atoms with van der Waals surface area (Å²) in [5.74, 6) is -1.33. The van der Waals surface area contributed by atoms with Crippen LogP contribution in [0.1, 0.15) is 12.5 Å². The molecule has 1 aromatic carbocycles. The van der Waals surface area contributed by atoms with Crippen LogP contribution < -0.4 is 19.5 Å². The number of pyridine rings is 1. The summed E-state index contributed by atoms with van der Waals surface area (Å²) < 4.78 is 53.8. The zero-order chi connectivity index (χ0) is 17.8. The topological polar surface area (TPSA) is 69.7 Å². The Morgan fingerprint density at radius 1 is 1.20 bits per heavy atom. The van der Waals surface area contributed by atoms with Crippen LogP contribution in [-0.4, -0.2) is 23.8 Å². The van der Waals surface area contributed by atoms with Gasteiger partial charge in [0.05, 0.1) is 0 Å². The van der Waals surface area contributed by atoms with E-state index in [4.69, 9.17) is 4.74 Å². The molecule has 4 rings (SSSR count). The Labute approximate surface area is 139 Å². The average Bonchev–Trinajstić information content (AvgIpc) is 3.01. The predicted octanol–water partition coefficient (Wildman–Crippen LogP) is 2.83. The molecule has 1 N–H and O–H groups in total. The fraction of sp³-hybridized carbons (Fsp3) is 0.250. The van der Waals surface area contributed by atoms with Crippen molar-refractivity contribution >= 4 is 11.7 Å². The van der Waals surface area contributed by atoms with Crippen molar-refractivity contribution in [3.05, 3.63) is 41.8 Å². The largest absolute Gasteiger partial charge is 0.586 e. The molecule has 0 radical (unpaired) electrons. The van der Waals surface area contributed by atoms with E-state index in [0.717, 1.165) is 6.07 Å². The lowest BCUT2D eigenvalue weighted by Gasteiger charge is -2.21. The molecule has 130 valence electrons. The number of hydrogen-bond acceptors (Lipinski definition) is 5. The van der Waals surface area contributed by atoms with Crippen LogP contribution in [0.3, 0.4) is 0 Å². The zero-order valence-corrected chi connectivity index (χ0v) is 12.8. The highest BCUT2D eigenvalue weighted by atomic mass is 19.3. The van der Waals surface area contributed by atoms with E-state index in [1.54, 1.807) is 6.92 Å². The van der Waals surface area contributed by atoms with Gasteiger partial charge >= 0.3 is 6.29 Å². The molecule has 0 saturated heterocycles. The van der Waals surface area contributed by atoms with Crippen LogP contribution >= 0.6 is 0 Å². The van der Waals surface area contributed by atoms with Crippen LogP contribution in [0.15, 0.2) is 30.3 Å². The molecule has 3 heterocycles. The van der Waals surface area contributed by atoms with Gasteiger partial charge in [0.15, 0.2) is 11.5 Å². The first-order valence-corrected chi connectivity index (χ1v) is 7.28. The van der Waals surface area contributed by atoms with Crippen LogP contribution in [0, 0.1) is 5.95 Å². The Hall–Kier alpha value is -2.97. The number of rotatable bonds is 2. The Bertz CT molecular complexity index is 890. The maximum atomic E-state index is 13.2. The van der Waals surface area contributed by atoms with E-state index in [1.807, 2.05) is 0 Å². The third-order valence-corrected chi connectivity index (χ3v) is 4.07. The number of fused-ring (bicyclic) bond motifs is 2. The molecule has 2 aliphatic rings. The third kappa shape index (κ3) is 2.51. The van der Waals surface area contributed by atoms with Gasteiger partial charge in [0.25, 0.3) is 0 Å². The van der Waals surface area contributed by atoms with Gasteiger partial charge in [-0.15, -0.1) is 8.78 Å². The minimum atomic E-state index is -3.76. The molecule has 2 aliphatic heterocycles. The molecule has 9 heteroatoms. The monoisotopic (exact) mass is 352 g/mol. The standard InChI is InChI=1S/C16H11F3N2O4/c1-15(14(22)21-13-4-2-3-12(17)20-13)7-23-9-6-11-10(5-8(9)15)24-16(18,19)25-11/h2-6H,7H2,1H3,(H,20,21,22). The molecule has 0 spiro atoms. The van der Waals surface area contributed by atoms with E-state index in [9.17, 15) is 18.0 Å². The fourth-order valence-electron chi connectivity index (χ4n) is 2.75. The molecular weight excluding hydrogens is 341 g/mol. The molecule has 1 unspecified atom stereocenters. The summed E-state index contributed by atoms with van der Waals surface area (Å²) in [5, 5.41) is 2.50. The van der Waals surface area contributed by atoms with Crippen LogP contribution in [0.2, 0.25) is 0 Å². The minimum absolute atomic E-state index is 0.0250. The number of benzene rings is 1. The van der Waals surface area contributed by atoms with Gasteiger partial charge < -0.3 is 19.5 Å². The van der Waals surface area contributed by atoms with Crippen LogP contribution in [0.4, 0.5) is 19.0 Å². The number of aromatic nitrogens is 1. The van der Waals surface area contributed by atoms with Crippen molar-refractivity contribution in [2.75, 3.05) is 11.9 Å². The quantitative estimate of drug-likeness (QED) is 0.842. The average molecular weight is 352 g/mol. The molecule has 0 aliphatic carbocycles. The maximum Gasteiger partial charge on any atom is 0.586 e. The van der Waals surface area contributed by atoms with E-state index in [2.05, 4.69) is 19.8 Å². The molecule has 0 fully saturated rings. The second-order valence-electron chi connectivity index (χ2n) is 5.88. The van der Waals surface area contributed by atoms with Gasteiger partial charge in [-0.2, -0.15) is 4.39 Å². The number of carbonyl (C=O) groups is 1. The number of nitrogens with one attached hydrogen (secondary N) is 1. The van der Waals surface area contributed by atoms with E-state index in [1.165, 1.54) is 24.3 Å². The second-order valence-corrected chi connectivity index (χ2v) is 5.88. The van der Waals surface area contributed by atoms with Gasteiger partial charge in [-0.25, -0.2) is 4.98 Å². The van der Waals surface area contributed by atoms with Crippen molar-refractivity contribution in [2.45, 2.75) is 18.6 Å². The Kier molecular flexibility index (Phi) is 3.12. The molecule has 25 heavy (non-hydrogen) atoms.